The van der Waals surface area contributed by atoms with Gasteiger partial charge in [0.05, 0.1) is 0 Å². The summed E-state index contributed by atoms with van der Waals surface area (Å²) in [4.78, 5) is 0. The minimum absolute atomic E-state index is 0.342. The van der Waals surface area contributed by atoms with Gasteiger partial charge in [0.25, 0.3) is 0 Å². The van der Waals surface area contributed by atoms with Crippen LogP contribution in [0, 0.1) is 5.92 Å². The molecule has 1 aromatic rings. The number of fused-ring (bicyclic) bond motifs is 3. The topological polar surface area (TPSA) is 26.0 Å². The number of nitrogens with two attached hydrogens (primary N) is 1. The number of hydrogen-bond acceptors (Lipinski definition) is 1. The molecule has 0 saturated heterocycles. The molecular weight excluding hydrogens is 182 g/mol. The van der Waals surface area contributed by atoms with Crippen molar-refractivity contribution in [3.63, 3.8) is 0 Å². The summed E-state index contributed by atoms with van der Waals surface area (Å²) in [7, 11) is 0. The summed E-state index contributed by atoms with van der Waals surface area (Å²) in [5.74, 6) is 0.827. The molecule has 0 heterocycles. The molecule has 0 aromatic heterocycles. The standard InChI is InChI=1S/C14H19N/c15-10-14-8-4-3-6-12(14)9-11-5-1-2-7-13(11)14/h1-2,5,7,12H,3-4,6,8-10,15H2. The van der Waals surface area contributed by atoms with E-state index in [1.807, 2.05) is 0 Å². The second kappa shape index (κ2) is 3.34. The molecule has 1 heteroatoms. The second-order valence-corrected chi connectivity index (χ2v) is 5.16. The van der Waals surface area contributed by atoms with E-state index in [0.29, 0.717) is 5.41 Å². The van der Waals surface area contributed by atoms with Crippen molar-refractivity contribution in [2.75, 3.05) is 6.54 Å². The van der Waals surface area contributed by atoms with Gasteiger partial charge in [0.15, 0.2) is 0 Å². The lowest BCUT2D eigenvalue weighted by molar-refractivity contribution is 0.212. The fraction of sp³-hybridized carbons (Fsp3) is 0.571. The predicted octanol–water partition coefficient (Wildman–Crippen LogP) is 2.63. The van der Waals surface area contributed by atoms with Crippen molar-refractivity contribution in [2.24, 2.45) is 11.7 Å². The highest BCUT2D eigenvalue weighted by molar-refractivity contribution is 5.41. The molecule has 2 aliphatic rings. The summed E-state index contributed by atoms with van der Waals surface area (Å²) in [6, 6.07) is 8.95. The van der Waals surface area contributed by atoms with E-state index in [1.165, 1.54) is 32.1 Å². The van der Waals surface area contributed by atoms with Crippen molar-refractivity contribution in [2.45, 2.75) is 37.5 Å². The maximum absolute atomic E-state index is 6.09. The molecule has 2 N–H and O–H groups in total. The van der Waals surface area contributed by atoms with Crippen LogP contribution in [0.4, 0.5) is 0 Å². The summed E-state index contributed by atoms with van der Waals surface area (Å²) in [5.41, 5.74) is 9.57. The molecular formula is C14H19N. The van der Waals surface area contributed by atoms with E-state index < -0.39 is 0 Å². The monoisotopic (exact) mass is 201 g/mol. The first-order valence-electron chi connectivity index (χ1n) is 6.15. The van der Waals surface area contributed by atoms with Crippen molar-refractivity contribution >= 4 is 0 Å². The smallest absolute Gasteiger partial charge is 0.0110 e. The molecule has 0 bridgehead atoms. The molecule has 2 atom stereocenters. The van der Waals surface area contributed by atoms with Crippen molar-refractivity contribution in [1.82, 2.24) is 0 Å². The lowest BCUT2D eigenvalue weighted by Gasteiger charge is -2.39. The zero-order valence-electron chi connectivity index (χ0n) is 9.21. The zero-order valence-corrected chi connectivity index (χ0v) is 9.21. The second-order valence-electron chi connectivity index (χ2n) is 5.16. The van der Waals surface area contributed by atoms with Gasteiger partial charge in [-0.05, 0) is 36.3 Å². The average Bonchev–Trinajstić information content (AvgIpc) is 2.64. The number of benzene rings is 1. The number of rotatable bonds is 1. The Bertz CT molecular complexity index is 371. The Balaban J connectivity index is 2.11. The molecule has 2 aliphatic carbocycles. The minimum Gasteiger partial charge on any atom is -0.330 e. The molecule has 2 unspecified atom stereocenters. The van der Waals surface area contributed by atoms with Gasteiger partial charge in [-0.15, -0.1) is 0 Å². The predicted molar refractivity (Wildman–Crippen MR) is 62.8 cm³/mol. The highest BCUT2D eigenvalue weighted by Gasteiger charge is 2.46. The number of hydrogen-bond donors (Lipinski definition) is 1. The Hall–Kier alpha value is -0.820. The van der Waals surface area contributed by atoms with E-state index in [-0.39, 0.29) is 0 Å². The van der Waals surface area contributed by atoms with Crippen LogP contribution in [0.15, 0.2) is 24.3 Å². The molecule has 15 heavy (non-hydrogen) atoms. The lowest BCUT2D eigenvalue weighted by atomic mass is 9.66. The van der Waals surface area contributed by atoms with Gasteiger partial charge in [-0.1, -0.05) is 37.1 Å². The normalized spacial score (nSPS) is 33.5. The molecule has 3 rings (SSSR count). The van der Waals surface area contributed by atoms with Crippen molar-refractivity contribution in [3.05, 3.63) is 35.4 Å². The maximum atomic E-state index is 6.09. The van der Waals surface area contributed by atoms with Gasteiger partial charge < -0.3 is 5.73 Å². The molecule has 0 amide bonds. The Labute approximate surface area is 91.7 Å². The summed E-state index contributed by atoms with van der Waals surface area (Å²) in [5, 5.41) is 0. The van der Waals surface area contributed by atoms with Crippen LogP contribution in [-0.4, -0.2) is 6.54 Å². The Morgan fingerprint density at radius 3 is 3.00 bits per heavy atom. The first-order chi connectivity index (χ1) is 7.37. The van der Waals surface area contributed by atoms with Gasteiger partial charge in [-0.2, -0.15) is 0 Å². The van der Waals surface area contributed by atoms with E-state index in [9.17, 15) is 0 Å². The molecule has 80 valence electrons. The van der Waals surface area contributed by atoms with Gasteiger partial charge in [0.1, 0.15) is 0 Å². The van der Waals surface area contributed by atoms with Crippen LogP contribution < -0.4 is 5.73 Å². The quantitative estimate of drug-likeness (QED) is 0.742. The van der Waals surface area contributed by atoms with E-state index in [0.717, 1.165) is 12.5 Å². The van der Waals surface area contributed by atoms with Gasteiger partial charge in [0, 0.05) is 12.0 Å². The van der Waals surface area contributed by atoms with Crippen LogP contribution >= 0.6 is 0 Å². The van der Waals surface area contributed by atoms with Gasteiger partial charge >= 0.3 is 0 Å². The Morgan fingerprint density at radius 1 is 1.27 bits per heavy atom. The zero-order chi connectivity index (χ0) is 10.3. The van der Waals surface area contributed by atoms with Gasteiger partial charge in [-0.3, -0.25) is 0 Å². The molecule has 1 saturated carbocycles. The third-order valence-corrected chi connectivity index (χ3v) is 4.59. The van der Waals surface area contributed by atoms with Crippen molar-refractivity contribution in [3.8, 4) is 0 Å². The van der Waals surface area contributed by atoms with Crippen molar-refractivity contribution < 1.29 is 0 Å². The van der Waals surface area contributed by atoms with Crippen LogP contribution in [0.2, 0.25) is 0 Å². The van der Waals surface area contributed by atoms with E-state index in [2.05, 4.69) is 24.3 Å². The third kappa shape index (κ3) is 1.19. The molecule has 1 nitrogen and oxygen atoms in total. The Morgan fingerprint density at radius 2 is 2.13 bits per heavy atom. The summed E-state index contributed by atoms with van der Waals surface area (Å²) >= 11 is 0. The SMILES string of the molecule is NCC12CCCCC1Cc1ccccc12. The highest BCUT2D eigenvalue weighted by atomic mass is 14.6. The molecule has 1 aromatic carbocycles. The summed E-state index contributed by atoms with van der Waals surface area (Å²) in [6.45, 7) is 0.842. The fourth-order valence-electron chi connectivity index (χ4n) is 3.79. The maximum Gasteiger partial charge on any atom is 0.0110 e. The molecule has 0 aliphatic heterocycles. The highest BCUT2D eigenvalue weighted by Crippen LogP contribution is 2.50. The van der Waals surface area contributed by atoms with Crippen LogP contribution in [0.1, 0.15) is 36.8 Å². The summed E-state index contributed by atoms with van der Waals surface area (Å²) < 4.78 is 0. The summed E-state index contributed by atoms with van der Waals surface area (Å²) in [6.07, 6.45) is 6.73. The largest absolute Gasteiger partial charge is 0.330 e. The van der Waals surface area contributed by atoms with Gasteiger partial charge in [0.2, 0.25) is 0 Å². The van der Waals surface area contributed by atoms with E-state index in [1.54, 1.807) is 11.1 Å². The van der Waals surface area contributed by atoms with E-state index in [4.69, 9.17) is 5.73 Å². The lowest BCUT2D eigenvalue weighted by Crippen LogP contribution is -2.41. The third-order valence-electron chi connectivity index (χ3n) is 4.59. The fourth-order valence-corrected chi connectivity index (χ4v) is 3.79. The van der Waals surface area contributed by atoms with Crippen LogP contribution in [0.25, 0.3) is 0 Å². The first-order valence-corrected chi connectivity index (χ1v) is 6.15. The van der Waals surface area contributed by atoms with Crippen LogP contribution in [0.5, 0.6) is 0 Å². The van der Waals surface area contributed by atoms with Crippen LogP contribution in [0.3, 0.4) is 0 Å². The molecule has 0 radical (unpaired) electrons. The first kappa shape index (κ1) is 9.41. The minimum atomic E-state index is 0.342. The molecule has 0 spiro atoms. The van der Waals surface area contributed by atoms with E-state index >= 15 is 0 Å². The van der Waals surface area contributed by atoms with Gasteiger partial charge in [-0.25, -0.2) is 0 Å². The van der Waals surface area contributed by atoms with Crippen molar-refractivity contribution in [1.29, 1.82) is 0 Å². The average molecular weight is 201 g/mol. The molecule has 1 fully saturated rings. The Kier molecular flexibility index (Phi) is 2.10. The van der Waals surface area contributed by atoms with Crippen LogP contribution in [-0.2, 0) is 11.8 Å².